The summed E-state index contributed by atoms with van der Waals surface area (Å²) >= 11 is 6.52. The quantitative estimate of drug-likeness (QED) is 0.651. The minimum absolute atomic E-state index is 0.156. The zero-order valence-electron chi connectivity index (χ0n) is 13.1. The van der Waals surface area contributed by atoms with Crippen LogP contribution >= 0.6 is 24.0 Å². The summed E-state index contributed by atoms with van der Waals surface area (Å²) in [5.74, 6) is -0.506. The van der Waals surface area contributed by atoms with E-state index < -0.39 is 5.97 Å². The normalized spacial score (nSPS) is 15.7. The molecule has 25 heavy (non-hydrogen) atoms. The first-order chi connectivity index (χ1) is 12.0. The molecule has 5 nitrogen and oxygen atoms in total. The molecule has 2 aromatic rings. The van der Waals surface area contributed by atoms with E-state index >= 15 is 0 Å². The Bertz CT molecular complexity index is 873. The monoisotopic (exact) mass is 371 g/mol. The van der Waals surface area contributed by atoms with Gasteiger partial charge in [-0.05, 0) is 48.0 Å². The van der Waals surface area contributed by atoms with Crippen LogP contribution in [-0.4, -0.2) is 28.4 Å². The summed E-state index contributed by atoms with van der Waals surface area (Å²) in [7, 11) is 1.59. The van der Waals surface area contributed by atoms with Crippen LogP contribution in [0.4, 0.5) is 5.69 Å². The van der Waals surface area contributed by atoms with E-state index in [4.69, 9.17) is 22.1 Å². The topological polar surface area (TPSA) is 66.8 Å². The van der Waals surface area contributed by atoms with Gasteiger partial charge in [-0.25, -0.2) is 4.79 Å². The number of rotatable bonds is 4. The van der Waals surface area contributed by atoms with Crippen molar-refractivity contribution in [3.8, 4) is 5.75 Å². The highest BCUT2D eigenvalue weighted by atomic mass is 32.2. The molecule has 0 radical (unpaired) electrons. The van der Waals surface area contributed by atoms with Crippen LogP contribution in [0.5, 0.6) is 5.75 Å². The number of benzene rings is 2. The van der Waals surface area contributed by atoms with Gasteiger partial charge in [-0.1, -0.05) is 36.1 Å². The summed E-state index contributed by atoms with van der Waals surface area (Å²) < 4.78 is 5.53. The maximum atomic E-state index is 12.7. The Morgan fingerprint density at radius 2 is 1.80 bits per heavy atom. The highest BCUT2D eigenvalue weighted by Crippen LogP contribution is 2.36. The lowest BCUT2D eigenvalue weighted by Crippen LogP contribution is -2.27. The molecule has 1 N–H and O–H groups in total. The molecule has 0 unspecified atom stereocenters. The molecule has 0 bridgehead atoms. The van der Waals surface area contributed by atoms with Crippen molar-refractivity contribution in [2.24, 2.45) is 0 Å². The number of carbonyl (C=O) groups excluding carboxylic acids is 1. The van der Waals surface area contributed by atoms with E-state index in [2.05, 4.69) is 0 Å². The molecule has 1 aliphatic heterocycles. The molecule has 1 fully saturated rings. The smallest absolute Gasteiger partial charge is 0.335 e. The molecule has 0 aromatic heterocycles. The Balaban J connectivity index is 1.86. The van der Waals surface area contributed by atoms with E-state index in [1.54, 1.807) is 25.3 Å². The first-order valence-corrected chi connectivity index (χ1v) is 8.47. The van der Waals surface area contributed by atoms with Crippen molar-refractivity contribution in [1.29, 1.82) is 0 Å². The lowest BCUT2D eigenvalue weighted by molar-refractivity contribution is -0.113. The second-order valence-corrected chi connectivity index (χ2v) is 6.82. The lowest BCUT2D eigenvalue weighted by Gasteiger charge is -2.14. The van der Waals surface area contributed by atoms with Gasteiger partial charge in [-0.15, -0.1) is 0 Å². The molecule has 3 rings (SSSR count). The molecule has 1 amide bonds. The van der Waals surface area contributed by atoms with E-state index in [-0.39, 0.29) is 11.5 Å². The molecule has 126 valence electrons. The van der Waals surface area contributed by atoms with Crippen molar-refractivity contribution >= 4 is 51.9 Å². The Hall–Kier alpha value is -2.64. The number of hydrogen-bond acceptors (Lipinski definition) is 5. The molecular formula is C18H13NO4S2. The fourth-order valence-electron chi connectivity index (χ4n) is 2.29. The minimum Gasteiger partial charge on any atom is -0.497 e. The summed E-state index contributed by atoms with van der Waals surface area (Å²) in [5.41, 5.74) is 1.57. The van der Waals surface area contributed by atoms with Gasteiger partial charge in [0.1, 0.15) is 5.75 Å². The van der Waals surface area contributed by atoms with Crippen molar-refractivity contribution in [3.63, 3.8) is 0 Å². The Morgan fingerprint density at radius 1 is 1.16 bits per heavy atom. The van der Waals surface area contributed by atoms with E-state index in [0.29, 0.717) is 14.9 Å². The maximum absolute atomic E-state index is 12.7. The molecule has 7 heteroatoms. The molecule has 2 aromatic carbocycles. The van der Waals surface area contributed by atoms with Crippen LogP contribution in [0, 0.1) is 0 Å². The van der Waals surface area contributed by atoms with Gasteiger partial charge in [0.2, 0.25) is 0 Å². The third-order valence-electron chi connectivity index (χ3n) is 3.58. The average Bonchev–Trinajstić information content (AvgIpc) is 2.89. The summed E-state index contributed by atoms with van der Waals surface area (Å²) in [4.78, 5) is 25.5. The van der Waals surface area contributed by atoms with Crippen molar-refractivity contribution < 1.29 is 19.4 Å². The highest BCUT2D eigenvalue weighted by molar-refractivity contribution is 8.27. The fourth-order valence-corrected chi connectivity index (χ4v) is 3.59. The van der Waals surface area contributed by atoms with E-state index in [9.17, 15) is 9.59 Å². The molecule has 1 saturated heterocycles. The molecule has 0 aliphatic carbocycles. The molecule has 0 atom stereocenters. The number of carboxylic acids is 1. The van der Waals surface area contributed by atoms with Crippen LogP contribution in [0.2, 0.25) is 0 Å². The molecule has 0 saturated carbocycles. The second-order valence-electron chi connectivity index (χ2n) is 5.14. The number of carboxylic acid groups (broad SMARTS) is 1. The van der Waals surface area contributed by atoms with Crippen molar-refractivity contribution in [3.05, 3.63) is 64.6 Å². The number of amides is 1. The van der Waals surface area contributed by atoms with Crippen LogP contribution in [-0.2, 0) is 4.79 Å². The SMILES string of the molecule is COc1ccc(C=C2SC(=S)N(c3ccc(C(=O)O)cc3)C2=O)cc1. The lowest BCUT2D eigenvalue weighted by atomic mass is 10.2. The molecular weight excluding hydrogens is 358 g/mol. The maximum Gasteiger partial charge on any atom is 0.335 e. The highest BCUT2D eigenvalue weighted by Gasteiger charge is 2.33. The number of ether oxygens (including phenoxy) is 1. The number of anilines is 1. The predicted octanol–water partition coefficient (Wildman–Crippen LogP) is 3.80. The molecule has 0 spiro atoms. The molecule has 1 aliphatic rings. The number of nitrogens with zero attached hydrogens (tertiary/aromatic N) is 1. The van der Waals surface area contributed by atoms with Gasteiger partial charge < -0.3 is 9.84 Å². The van der Waals surface area contributed by atoms with Gasteiger partial charge in [0.15, 0.2) is 4.32 Å². The van der Waals surface area contributed by atoms with Gasteiger partial charge in [0.05, 0.1) is 23.3 Å². The number of thioether (sulfide) groups is 1. The van der Waals surface area contributed by atoms with Crippen LogP contribution in [0.3, 0.4) is 0 Å². The van der Waals surface area contributed by atoms with Crippen molar-refractivity contribution in [1.82, 2.24) is 0 Å². The van der Waals surface area contributed by atoms with E-state index in [0.717, 1.165) is 11.3 Å². The van der Waals surface area contributed by atoms with E-state index in [1.807, 2.05) is 24.3 Å². The van der Waals surface area contributed by atoms with Gasteiger partial charge in [-0.2, -0.15) is 0 Å². The van der Waals surface area contributed by atoms with Crippen molar-refractivity contribution in [2.75, 3.05) is 12.0 Å². The standard InChI is InChI=1S/C18H13NO4S2/c1-23-14-8-2-11(3-9-14)10-15-16(20)19(18(24)25-15)13-6-4-12(5-7-13)17(21)22/h2-10H,1H3,(H,21,22). The summed E-state index contributed by atoms with van der Waals surface area (Å²) in [6.45, 7) is 0. The minimum atomic E-state index is -1.02. The number of thiocarbonyl (C=S) groups is 1. The first-order valence-electron chi connectivity index (χ1n) is 7.25. The van der Waals surface area contributed by atoms with Crippen LogP contribution in [0.25, 0.3) is 6.08 Å². The summed E-state index contributed by atoms with van der Waals surface area (Å²) in [6, 6.07) is 13.4. The first kappa shape index (κ1) is 17.2. The average molecular weight is 371 g/mol. The largest absolute Gasteiger partial charge is 0.497 e. The number of hydrogen-bond donors (Lipinski definition) is 1. The third kappa shape index (κ3) is 3.57. The van der Waals surface area contributed by atoms with Crippen molar-refractivity contribution in [2.45, 2.75) is 0 Å². The van der Waals surface area contributed by atoms with Gasteiger partial charge in [-0.3, -0.25) is 9.69 Å². The zero-order chi connectivity index (χ0) is 18.0. The number of carbonyl (C=O) groups is 2. The second kappa shape index (κ2) is 7.08. The summed E-state index contributed by atoms with van der Waals surface area (Å²) in [5, 5.41) is 8.96. The Morgan fingerprint density at radius 3 is 2.36 bits per heavy atom. The van der Waals surface area contributed by atoms with E-state index in [1.165, 1.54) is 28.8 Å². The van der Waals surface area contributed by atoms with Gasteiger partial charge in [0, 0.05) is 0 Å². The number of aromatic carboxylic acids is 1. The Kier molecular flexibility index (Phi) is 4.87. The number of methoxy groups -OCH3 is 1. The molecule has 1 heterocycles. The van der Waals surface area contributed by atoms with Crippen LogP contribution in [0.1, 0.15) is 15.9 Å². The summed E-state index contributed by atoms with van der Waals surface area (Å²) in [6.07, 6.45) is 1.77. The third-order valence-corrected chi connectivity index (χ3v) is 4.88. The fraction of sp³-hybridized carbons (Fsp3) is 0.0556. The zero-order valence-corrected chi connectivity index (χ0v) is 14.8. The Labute approximate surface area is 153 Å². The van der Waals surface area contributed by atoms with Crippen LogP contribution in [0.15, 0.2) is 53.4 Å². The van der Waals surface area contributed by atoms with Gasteiger partial charge >= 0.3 is 5.97 Å². The van der Waals surface area contributed by atoms with Gasteiger partial charge in [0.25, 0.3) is 5.91 Å². The predicted molar refractivity (Wildman–Crippen MR) is 102 cm³/mol. The van der Waals surface area contributed by atoms with Crippen LogP contribution < -0.4 is 9.64 Å².